The van der Waals surface area contributed by atoms with Gasteiger partial charge in [-0.2, -0.15) is 0 Å². The molecular formula is C13H17NO3. The largest absolute Gasteiger partial charge is 0.497 e. The average molecular weight is 235 g/mol. The summed E-state index contributed by atoms with van der Waals surface area (Å²) >= 11 is 0. The number of anilines is 1. The van der Waals surface area contributed by atoms with E-state index in [1.165, 1.54) is 7.11 Å². The predicted molar refractivity (Wildman–Crippen MR) is 65.4 cm³/mol. The van der Waals surface area contributed by atoms with Gasteiger partial charge >= 0.3 is 5.97 Å². The number of nitrogens with one attached hydrogen (secondary N) is 1. The zero-order valence-electron chi connectivity index (χ0n) is 10.4. The maximum absolute atomic E-state index is 11.9. The van der Waals surface area contributed by atoms with Crippen LogP contribution in [0.25, 0.3) is 0 Å². The van der Waals surface area contributed by atoms with Crippen LogP contribution in [-0.4, -0.2) is 25.7 Å². The normalized spacial score (nSPS) is 21.6. The zero-order chi connectivity index (χ0) is 12.5. The molecule has 1 aromatic carbocycles. The van der Waals surface area contributed by atoms with Gasteiger partial charge in [0.1, 0.15) is 11.3 Å². The van der Waals surface area contributed by atoms with Crippen LogP contribution in [0.15, 0.2) is 18.2 Å². The van der Waals surface area contributed by atoms with E-state index >= 15 is 0 Å². The summed E-state index contributed by atoms with van der Waals surface area (Å²) in [5.74, 6) is 0.572. The van der Waals surface area contributed by atoms with Crippen LogP contribution in [0.4, 0.5) is 5.69 Å². The Morgan fingerprint density at radius 1 is 1.47 bits per heavy atom. The topological polar surface area (TPSA) is 47.6 Å². The van der Waals surface area contributed by atoms with E-state index in [1.807, 2.05) is 25.1 Å². The highest BCUT2D eigenvalue weighted by Crippen LogP contribution is 2.37. The molecule has 0 amide bonds. The van der Waals surface area contributed by atoms with Gasteiger partial charge in [-0.15, -0.1) is 0 Å². The molecule has 0 saturated carbocycles. The van der Waals surface area contributed by atoms with E-state index in [9.17, 15) is 4.79 Å². The van der Waals surface area contributed by atoms with Crippen molar-refractivity contribution >= 4 is 11.7 Å². The van der Waals surface area contributed by atoms with E-state index in [1.54, 1.807) is 7.11 Å². The van der Waals surface area contributed by atoms with Gasteiger partial charge in [-0.1, -0.05) is 13.0 Å². The maximum atomic E-state index is 11.9. The molecule has 1 unspecified atom stereocenters. The third kappa shape index (κ3) is 1.84. The molecule has 0 spiro atoms. The van der Waals surface area contributed by atoms with Gasteiger partial charge in [0, 0.05) is 18.2 Å². The van der Waals surface area contributed by atoms with Crippen LogP contribution >= 0.6 is 0 Å². The lowest BCUT2D eigenvalue weighted by Gasteiger charge is -2.25. The predicted octanol–water partition coefficient (Wildman–Crippen LogP) is 1.98. The molecule has 17 heavy (non-hydrogen) atoms. The van der Waals surface area contributed by atoms with Crippen molar-refractivity contribution in [3.8, 4) is 5.75 Å². The van der Waals surface area contributed by atoms with Crippen LogP contribution in [0.5, 0.6) is 5.75 Å². The van der Waals surface area contributed by atoms with Crippen LogP contribution in [-0.2, 0) is 16.0 Å². The Hall–Kier alpha value is -1.71. The van der Waals surface area contributed by atoms with Crippen LogP contribution in [0.3, 0.4) is 0 Å². The summed E-state index contributed by atoms with van der Waals surface area (Å²) in [7, 11) is 3.05. The molecule has 1 aromatic rings. The molecule has 92 valence electrons. The van der Waals surface area contributed by atoms with Gasteiger partial charge in [-0.3, -0.25) is 0 Å². The van der Waals surface area contributed by atoms with E-state index in [4.69, 9.17) is 9.47 Å². The van der Waals surface area contributed by atoms with Crippen molar-refractivity contribution in [1.29, 1.82) is 0 Å². The Morgan fingerprint density at radius 3 is 2.82 bits per heavy atom. The molecule has 0 bridgehead atoms. The molecule has 4 nitrogen and oxygen atoms in total. The minimum absolute atomic E-state index is 0.213. The summed E-state index contributed by atoms with van der Waals surface area (Å²) in [6.45, 7) is 1.98. The van der Waals surface area contributed by atoms with Crippen LogP contribution in [0.1, 0.15) is 18.9 Å². The number of rotatable bonds is 3. The van der Waals surface area contributed by atoms with E-state index in [0.29, 0.717) is 12.8 Å². The minimum atomic E-state index is -0.622. The number of carbonyl (C=O) groups is 1. The van der Waals surface area contributed by atoms with Crippen molar-refractivity contribution in [3.63, 3.8) is 0 Å². The molecule has 1 atom stereocenters. The molecule has 0 fully saturated rings. The monoisotopic (exact) mass is 235 g/mol. The first kappa shape index (κ1) is 11.8. The highest BCUT2D eigenvalue weighted by molar-refractivity contribution is 5.88. The Labute approximate surface area is 101 Å². The quantitative estimate of drug-likeness (QED) is 0.814. The highest BCUT2D eigenvalue weighted by Gasteiger charge is 2.43. The summed E-state index contributed by atoms with van der Waals surface area (Å²) in [6.07, 6.45) is 1.35. The Balaban J connectivity index is 2.33. The molecule has 1 aliphatic heterocycles. The van der Waals surface area contributed by atoms with E-state index in [0.717, 1.165) is 17.0 Å². The molecule has 1 N–H and O–H groups in total. The second kappa shape index (κ2) is 4.28. The summed E-state index contributed by atoms with van der Waals surface area (Å²) < 4.78 is 10.1. The van der Waals surface area contributed by atoms with Gasteiger partial charge in [0.2, 0.25) is 0 Å². The molecule has 0 saturated heterocycles. The Kier molecular flexibility index (Phi) is 2.96. The van der Waals surface area contributed by atoms with Gasteiger partial charge in [0.25, 0.3) is 0 Å². The SMILES string of the molecule is CCC1(C(=O)OC)Cc2ccc(OC)cc2N1. The number of fused-ring (bicyclic) bond motifs is 1. The minimum Gasteiger partial charge on any atom is -0.497 e. The fourth-order valence-corrected chi connectivity index (χ4v) is 2.26. The first-order chi connectivity index (χ1) is 8.15. The van der Waals surface area contributed by atoms with Crippen LogP contribution < -0.4 is 10.1 Å². The van der Waals surface area contributed by atoms with Crippen LogP contribution in [0, 0.1) is 0 Å². The summed E-state index contributed by atoms with van der Waals surface area (Å²) in [5.41, 5.74) is 1.46. The fraction of sp³-hybridized carbons (Fsp3) is 0.462. The van der Waals surface area contributed by atoms with E-state index in [-0.39, 0.29) is 5.97 Å². The van der Waals surface area contributed by atoms with Crippen molar-refractivity contribution < 1.29 is 14.3 Å². The van der Waals surface area contributed by atoms with Crippen molar-refractivity contribution in [2.24, 2.45) is 0 Å². The molecule has 0 aliphatic carbocycles. The number of benzene rings is 1. The lowest BCUT2D eigenvalue weighted by atomic mass is 9.92. The summed E-state index contributed by atoms with van der Waals surface area (Å²) in [6, 6.07) is 5.81. The standard InChI is InChI=1S/C13H17NO3/c1-4-13(12(15)17-3)8-9-5-6-10(16-2)7-11(9)14-13/h5-7,14H,4,8H2,1-3H3. The molecule has 1 heterocycles. The third-order valence-corrected chi connectivity index (χ3v) is 3.36. The highest BCUT2D eigenvalue weighted by atomic mass is 16.5. The maximum Gasteiger partial charge on any atom is 0.331 e. The molecule has 4 heteroatoms. The summed E-state index contributed by atoms with van der Waals surface area (Å²) in [4.78, 5) is 11.9. The molecule has 0 aromatic heterocycles. The second-order valence-electron chi connectivity index (χ2n) is 4.25. The Morgan fingerprint density at radius 2 is 2.24 bits per heavy atom. The smallest absolute Gasteiger partial charge is 0.331 e. The third-order valence-electron chi connectivity index (χ3n) is 3.36. The molecule has 1 aliphatic rings. The molecular weight excluding hydrogens is 218 g/mol. The molecule has 2 rings (SSSR count). The van der Waals surface area contributed by atoms with Crippen molar-refractivity contribution in [2.75, 3.05) is 19.5 Å². The number of hydrogen-bond acceptors (Lipinski definition) is 4. The van der Waals surface area contributed by atoms with Gasteiger partial charge in [-0.05, 0) is 18.1 Å². The Bertz CT molecular complexity index is 444. The molecule has 0 radical (unpaired) electrons. The van der Waals surface area contributed by atoms with E-state index in [2.05, 4.69) is 5.32 Å². The lowest BCUT2D eigenvalue weighted by Crippen LogP contribution is -2.45. The van der Waals surface area contributed by atoms with Gasteiger partial charge in [0.15, 0.2) is 0 Å². The first-order valence-electron chi connectivity index (χ1n) is 5.68. The fourth-order valence-electron chi connectivity index (χ4n) is 2.26. The number of esters is 1. The first-order valence-corrected chi connectivity index (χ1v) is 5.68. The van der Waals surface area contributed by atoms with Gasteiger partial charge in [0.05, 0.1) is 14.2 Å². The van der Waals surface area contributed by atoms with Crippen molar-refractivity contribution in [2.45, 2.75) is 25.3 Å². The zero-order valence-corrected chi connectivity index (χ0v) is 10.4. The van der Waals surface area contributed by atoms with E-state index < -0.39 is 5.54 Å². The van der Waals surface area contributed by atoms with Crippen molar-refractivity contribution in [1.82, 2.24) is 0 Å². The number of carbonyl (C=O) groups excluding carboxylic acids is 1. The summed E-state index contributed by atoms with van der Waals surface area (Å²) in [5, 5.41) is 3.27. The number of ether oxygens (including phenoxy) is 2. The number of hydrogen-bond donors (Lipinski definition) is 1. The van der Waals surface area contributed by atoms with Crippen molar-refractivity contribution in [3.05, 3.63) is 23.8 Å². The van der Waals surface area contributed by atoms with Gasteiger partial charge in [-0.25, -0.2) is 4.79 Å². The lowest BCUT2D eigenvalue weighted by molar-refractivity contribution is -0.145. The van der Waals surface area contributed by atoms with Crippen LogP contribution in [0.2, 0.25) is 0 Å². The number of methoxy groups -OCH3 is 2. The van der Waals surface area contributed by atoms with Gasteiger partial charge < -0.3 is 14.8 Å². The second-order valence-corrected chi connectivity index (χ2v) is 4.25. The average Bonchev–Trinajstić information content (AvgIpc) is 2.76.